The minimum atomic E-state index is -0.814. The summed E-state index contributed by atoms with van der Waals surface area (Å²) in [6.07, 6.45) is 55.7. The van der Waals surface area contributed by atoms with Gasteiger partial charge < -0.3 is 14.2 Å². The lowest BCUT2D eigenvalue weighted by Gasteiger charge is -2.18. The lowest BCUT2D eigenvalue weighted by atomic mass is 10.1. The summed E-state index contributed by atoms with van der Waals surface area (Å²) in [5, 5.41) is 0. The van der Waals surface area contributed by atoms with Gasteiger partial charge in [-0.3, -0.25) is 14.4 Å². The van der Waals surface area contributed by atoms with Crippen LogP contribution >= 0.6 is 0 Å². The standard InChI is InChI=1S/C50H82O6/c1-4-7-10-13-16-19-22-24-25-27-28-31-34-37-40-43-49(52)55-46-47(45-54-48(51)42-39-36-33-30-21-18-15-12-9-6-3)56-50(53)44-41-38-35-32-29-26-23-20-17-14-11-8-5-2/h8,11,14,16-17,19-20,22-24,26,29,32,35,47H,4-7,9-10,12-13,15,18,21,25,27-28,30-31,33-34,36-46H2,1-3H3/b11-8-,17-14-,19-16-,23-20-,24-22-,29-26-,35-32-. The number of carbonyl (C=O) groups is 3. The highest BCUT2D eigenvalue weighted by molar-refractivity contribution is 5.71. The van der Waals surface area contributed by atoms with Crippen molar-refractivity contribution in [1.29, 1.82) is 0 Å². The molecule has 0 radical (unpaired) electrons. The van der Waals surface area contributed by atoms with E-state index in [0.29, 0.717) is 19.3 Å². The number of hydrogen-bond donors (Lipinski definition) is 0. The molecule has 6 nitrogen and oxygen atoms in total. The van der Waals surface area contributed by atoms with Crippen molar-refractivity contribution in [2.24, 2.45) is 0 Å². The average Bonchev–Trinajstić information content (AvgIpc) is 3.19. The zero-order chi connectivity index (χ0) is 40.8. The van der Waals surface area contributed by atoms with E-state index in [1.165, 1.54) is 83.5 Å². The zero-order valence-corrected chi connectivity index (χ0v) is 36.1. The normalized spacial score (nSPS) is 12.8. The van der Waals surface area contributed by atoms with E-state index >= 15 is 0 Å². The van der Waals surface area contributed by atoms with Gasteiger partial charge in [-0.25, -0.2) is 0 Å². The first-order valence-corrected chi connectivity index (χ1v) is 22.7. The summed E-state index contributed by atoms with van der Waals surface area (Å²) >= 11 is 0. The van der Waals surface area contributed by atoms with Gasteiger partial charge >= 0.3 is 17.9 Å². The van der Waals surface area contributed by atoms with E-state index in [2.05, 4.69) is 51.2 Å². The van der Waals surface area contributed by atoms with Gasteiger partial charge in [-0.2, -0.15) is 0 Å². The van der Waals surface area contributed by atoms with E-state index in [1.54, 1.807) is 0 Å². The third kappa shape index (κ3) is 41.7. The van der Waals surface area contributed by atoms with Crippen LogP contribution in [0.1, 0.15) is 194 Å². The summed E-state index contributed by atoms with van der Waals surface area (Å²) in [7, 11) is 0. The van der Waals surface area contributed by atoms with Gasteiger partial charge in [0.15, 0.2) is 6.10 Å². The third-order valence-electron chi connectivity index (χ3n) is 9.29. The van der Waals surface area contributed by atoms with Gasteiger partial charge in [0, 0.05) is 19.3 Å². The molecule has 0 amide bonds. The predicted molar refractivity (Wildman–Crippen MR) is 237 cm³/mol. The first-order valence-electron chi connectivity index (χ1n) is 22.7. The second-order valence-corrected chi connectivity index (χ2v) is 14.7. The molecule has 0 rings (SSSR count). The van der Waals surface area contributed by atoms with Crippen LogP contribution in [0.25, 0.3) is 0 Å². The van der Waals surface area contributed by atoms with Crippen molar-refractivity contribution in [2.75, 3.05) is 13.2 Å². The first kappa shape index (κ1) is 52.6. The van der Waals surface area contributed by atoms with Crippen LogP contribution in [-0.2, 0) is 28.6 Å². The molecule has 0 saturated heterocycles. The van der Waals surface area contributed by atoms with Gasteiger partial charge in [-0.1, -0.05) is 202 Å². The SMILES string of the molecule is CC\C=C/C=C\C=C/C=C\C=C/CCCC(=O)OC(COC(=O)CCCCCCCC/C=C\C=C/CCCCC)COC(=O)CCCCCCCCCCCC. The van der Waals surface area contributed by atoms with Crippen molar-refractivity contribution >= 4 is 17.9 Å². The Morgan fingerprint density at radius 1 is 0.375 bits per heavy atom. The molecule has 6 heteroatoms. The molecule has 318 valence electrons. The second-order valence-electron chi connectivity index (χ2n) is 14.7. The number of allylic oxidation sites excluding steroid dienone is 14. The van der Waals surface area contributed by atoms with Crippen LogP contribution in [0.3, 0.4) is 0 Å². The summed E-state index contributed by atoms with van der Waals surface area (Å²) in [6, 6.07) is 0. The number of ether oxygens (including phenoxy) is 3. The predicted octanol–water partition coefficient (Wildman–Crippen LogP) is 14.5. The molecule has 1 atom stereocenters. The Morgan fingerprint density at radius 3 is 1.20 bits per heavy atom. The lowest BCUT2D eigenvalue weighted by molar-refractivity contribution is -0.167. The maximum atomic E-state index is 12.7. The van der Waals surface area contributed by atoms with Crippen LogP contribution in [0, 0.1) is 0 Å². The monoisotopic (exact) mass is 779 g/mol. The Kier molecular flexibility index (Phi) is 41.6. The van der Waals surface area contributed by atoms with Gasteiger partial charge in [-0.15, -0.1) is 0 Å². The highest BCUT2D eigenvalue weighted by atomic mass is 16.6. The fraction of sp³-hybridized carbons (Fsp3) is 0.660. The topological polar surface area (TPSA) is 78.9 Å². The molecule has 1 unspecified atom stereocenters. The largest absolute Gasteiger partial charge is 0.462 e. The molecule has 0 aromatic heterocycles. The maximum absolute atomic E-state index is 12.7. The summed E-state index contributed by atoms with van der Waals surface area (Å²) in [6.45, 7) is 6.35. The number of rotatable bonds is 39. The smallest absolute Gasteiger partial charge is 0.306 e. The van der Waals surface area contributed by atoms with Crippen LogP contribution in [0.2, 0.25) is 0 Å². The van der Waals surface area contributed by atoms with E-state index < -0.39 is 6.10 Å². The quantitative estimate of drug-likeness (QED) is 0.0268. The molecule has 0 aromatic rings. The molecule has 0 heterocycles. The highest BCUT2D eigenvalue weighted by Gasteiger charge is 2.19. The molecule has 0 fully saturated rings. The Bertz CT molecular complexity index is 1120. The Morgan fingerprint density at radius 2 is 0.714 bits per heavy atom. The molecule has 0 aliphatic carbocycles. The Balaban J connectivity index is 4.51. The maximum Gasteiger partial charge on any atom is 0.306 e. The summed E-state index contributed by atoms with van der Waals surface area (Å²) in [5.41, 5.74) is 0. The fourth-order valence-electron chi connectivity index (χ4n) is 5.87. The third-order valence-corrected chi connectivity index (χ3v) is 9.29. The molecule has 0 spiro atoms. The summed E-state index contributed by atoms with van der Waals surface area (Å²) in [5.74, 6) is -1.00. The number of esters is 3. The van der Waals surface area contributed by atoms with Gasteiger partial charge in [0.05, 0.1) is 0 Å². The van der Waals surface area contributed by atoms with Gasteiger partial charge in [-0.05, 0) is 57.8 Å². The molecule has 0 aliphatic rings. The molecule has 0 saturated carbocycles. The van der Waals surface area contributed by atoms with Crippen LogP contribution in [-0.4, -0.2) is 37.2 Å². The van der Waals surface area contributed by atoms with Crippen LogP contribution in [0.15, 0.2) is 85.1 Å². The molecule has 0 bridgehead atoms. The van der Waals surface area contributed by atoms with Crippen LogP contribution in [0.5, 0.6) is 0 Å². The van der Waals surface area contributed by atoms with E-state index in [4.69, 9.17) is 14.2 Å². The van der Waals surface area contributed by atoms with E-state index in [0.717, 1.165) is 64.2 Å². The first-order chi connectivity index (χ1) is 27.5. The van der Waals surface area contributed by atoms with Crippen molar-refractivity contribution < 1.29 is 28.6 Å². The number of hydrogen-bond acceptors (Lipinski definition) is 6. The van der Waals surface area contributed by atoms with E-state index in [9.17, 15) is 14.4 Å². The number of unbranched alkanes of at least 4 members (excludes halogenated alkanes) is 19. The Hall–Kier alpha value is -3.41. The summed E-state index contributed by atoms with van der Waals surface area (Å²) in [4.78, 5) is 37.7. The van der Waals surface area contributed by atoms with Crippen molar-refractivity contribution in [3.63, 3.8) is 0 Å². The number of carbonyl (C=O) groups excluding carboxylic acids is 3. The molecule has 0 aromatic carbocycles. The minimum absolute atomic E-state index is 0.109. The van der Waals surface area contributed by atoms with Gasteiger partial charge in [0.2, 0.25) is 0 Å². The van der Waals surface area contributed by atoms with Crippen molar-refractivity contribution in [1.82, 2.24) is 0 Å². The second kappa shape index (κ2) is 44.3. The summed E-state index contributed by atoms with van der Waals surface area (Å²) < 4.78 is 16.6. The van der Waals surface area contributed by atoms with Gasteiger partial charge in [0.25, 0.3) is 0 Å². The Labute approximate surface area is 344 Å². The van der Waals surface area contributed by atoms with Crippen molar-refractivity contribution in [3.05, 3.63) is 85.1 Å². The minimum Gasteiger partial charge on any atom is -0.462 e. The highest BCUT2D eigenvalue weighted by Crippen LogP contribution is 2.13. The van der Waals surface area contributed by atoms with Crippen LogP contribution in [0.4, 0.5) is 0 Å². The van der Waals surface area contributed by atoms with E-state index in [-0.39, 0.29) is 37.5 Å². The van der Waals surface area contributed by atoms with Crippen molar-refractivity contribution in [3.8, 4) is 0 Å². The fourth-order valence-corrected chi connectivity index (χ4v) is 5.87. The average molecular weight is 779 g/mol. The molecule has 0 aliphatic heterocycles. The lowest BCUT2D eigenvalue weighted by Crippen LogP contribution is -2.30. The molecule has 56 heavy (non-hydrogen) atoms. The molecule has 0 N–H and O–H groups in total. The van der Waals surface area contributed by atoms with Gasteiger partial charge in [0.1, 0.15) is 13.2 Å². The molecular weight excluding hydrogens is 697 g/mol. The van der Waals surface area contributed by atoms with Crippen molar-refractivity contribution in [2.45, 2.75) is 200 Å². The molecular formula is C50H82O6. The van der Waals surface area contributed by atoms with E-state index in [1.807, 2.05) is 54.7 Å². The zero-order valence-electron chi connectivity index (χ0n) is 36.1. The van der Waals surface area contributed by atoms with Crippen LogP contribution < -0.4 is 0 Å².